The Kier molecular flexibility index (Phi) is 6.24. The van der Waals surface area contributed by atoms with Gasteiger partial charge in [0.25, 0.3) is 11.7 Å². The van der Waals surface area contributed by atoms with Gasteiger partial charge in [0.05, 0.1) is 17.7 Å². The summed E-state index contributed by atoms with van der Waals surface area (Å²) >= 11 is 0. The molecule has 1 saturated heterocycles. The number of aliphatic hydroxyl groups excluding tert-OH is 1. The van der Waals surface area contributed by atoms with Gasteiger partial charge in [0, 0.05) is 11.3 Å². The van der Waals surface area contributed by atoms with E-state index in [4.69, 9.17) is 4.74 Å². The predicted molar refractivity (Wildman–Crippen MR) is 129 cm³/mol. The van der Waals surface area contributed by atoms with Crippen molar-refractivity contribution in [2.45, 2.75) is 39.8 Å². The Bertz CT molecular complexity index is 1290. The number of benzene rings is 3. The average Bonchev–Trinajstić information content (AvgIpc) is 3.06. The quantitative estimate of drug-likeness (QED) is 0.295. The van der Waals surface area contributed by atoms with E-state index in [0.29, 0.717) is 22.6 Å². The van der Waals surface area contributed by atoms with Crippen molar-refractivity contribution in [3.05, 3.63) is 100 Å². The highest BCUT2D eigenvalue weighted by Gasteiger charge is 2.47. The number of nitrogens with zero attached hydrogens (tertiary/aromatic N) is 1. The molecule has 3 aromatic rings. The van der Waals surface area contributed by atoms with E-state index in [2.05, 4.69) is 0 Å². The van der Waals surface area contributed by atoms with Crippen LogP contribution in [0.25, 0.3) is 5.76 Å². The fourth-order valence-corrected chi connectivity index (χ4v) is 4.23. The molecule has 5 nitrogen and oxygen atoms in total. The maximum Gasteiger partial charge on any atom is 0.300 e. The minimum absolute atomic E-state index is 0.0134. The number of ketones is 1. The minimum Gasteiger partial charge on any atom is -0.507 e. The monoisotopic (exact) mass is 459 g/mol. The highest BCUT2D eigenvalue weighted by atomic mass is 19.1. The second kappa shape index (κ2) is 9.14. The van der Waals surface area contributed by atoms with Crippen LogP contribution in [0.1, 0.15) is 42.1 Å². The number of ether oxygens (including phenoxy) is 1. The normalized spacial score (nSPS) is 17.5. The summed E-state index contributed by atoms with van der Waals surface area (Å²) in [7, 11) is 0. The Balaban J connectivity index is 1.91. The van der Waals surface area contributed by atoms with Crippen molar-refractivity contribution < 1.29 is 23.8 Å². The lowest BCUT2D eigenvalue weighted by atomic mass is 9.92. The first-order valence-electron chi connectivity index (χ1n) is 11.1. The van der Waals surface area contributed by atoms with Gasteiger partial charge in [0.2, 0.25) is 0 Å². The highest BCUT2D eigenvalue weighted by Crippen LogP contribution is 2.43. The Hall–Kier alpha value is -3.93. The third-order valence-corrected chi connectivity index (χ3v) is 5.84. The van der Waals surface area contributed by atoms with E-state index in [1.807, 2.05) is 52.0 Å². The smallest absolute Gasteiger partial charge is 0.300 e. The number of aliphatic hydroxyl groups is 1. The third-order valence-electron chi connectivity index (χ3n) is 5.84. The van der Waals surface area contributed by atoms with Crippen molar-refractivity contribution in [1.29, 1.82) is 0 Å². The van der Waals surface area contributed by atoms with E-state index in [-0.39, 0.29) is 17.4 Å². The van der Waals surface area contributed by atoms with Gasteiger partial charge in [0.15, 0.2) is 0 Å². The predicted octanol–water partition coefficient (Wildman–Crippen LogP) is 5.86. The van der Waals surface area contributed by atoms with Crippen LogP contribution in [0.5, 0.6) is 5.75 Å². The van der Waals surface area contributed by atoms with E-state index < -0.39 is 23.5 Å². The summed E-state index contributed by atoms with van der Waals surface area (Å²) in [6, 6.07) is 17.0. The number of carbonyl (C=O) groups is 2. The molecule has 0 saturated carbocycles. The van der Waals surface area contributed by atoms with Crippen molar-refractivity contribution in [3.8, 4) is 5.75 Å². The van der Waals surface area contributed by atoms with E-state index >= 15 is 0 Å². The van der Waals surface area contributed by atoms with Crippen LogP contribution in [-0.4, -0.2) is 22.9 Å². The Morgan fingerprint density at radius 1 is 0.971 bits per heavy atom. The van der Waals surface area contributed by atoms with Crippen molar-refractivity contribution in [3.63, 3.8) is 0 Å². The summed E-state index contributed by atoms with van der Waals surface area (Å²) in [4.78, 5) is 27.8. The highest BCUT2D eigenvalue weighted by molar-refractivity contribution is 6.51. The van der Waals surface area contributed by atoms with Crippen LogP contribution in [0.15, 0.2) is 72.3 Å². The first-order valence-corrected chi connectivity index (χ1v) is 11.1. The molecule has 4 rings (SSSR count). The first-order chi connectivity index (χ1) is 16.2. The molecule has 1 heterocycles. The lowest BCUT2D eigenvalue weighted by Crippen LogP contribution is -2.29. The second-order valence-electron chi connectivity index (χ2n) is 8.65. The van der Waals surface area contributed by atoms with Gasteiger partial charge in [-0.3, -0.25) is 14.5 Å². The molecule has 1 fully saturated rings. The lowest BCUT2D eigenvalue weighted by Gasteiger charge is -2.26. The molecule has 1 atom stereocenters. The number of rotatable bonds is 5. The summed E-state index contributed by atoms with van der Waals surface area (Å²) in [5, 5.41) is 11.3. The van der Waals surface area contributed by atoms with Gasteiger partial charge in [-0.25, -0.2) is 4.39 Å². The topological polar surface area (TPSA) is 66.8 Å². The molecule has 3 aromatic carbocycles. The number of aryl methyl sites for hydroxylation is 2. The number of carbonyl (C=O) groups excluding carboxylic acids is 2. The van der Waals surface area contributed by atoms with Crippen molar-refractivity contribution >= 4 is 23.1 Å². The largest absolute Gasteiger partial charge is 0.507 e. The zero-order chi connectivity index (χ0) is 24.6. The standard InChI is InChI=1S/C28H26FNO4/c1-16(2)34-23-14-9-19(15-18(23)4)26(31)24-25(22-8-6-5-7-17(22)3)30(28(33)27(24)32)21-12-10-20(29)11-13-21/h5-16,25,31H,1-4H3/b26-24+. The van der Waals surface area contributed by atoms with Crippen molar-refractivity contribution in [2.75, 3.05) is 4.90 Å². The van der Waals surface area contributed by atoms with Crippen molar-refractivity contribution in [1.82, 2.24) is 0 Å². The SMILES string of the molecule is Cc1cc(/C(O)=C2\C(=O)C(=O)N(c3ccc(F)cc3)C2c2ccccc2C)ccc1OC(C)C. The van der Waals surface area contributed by atoms with E-state index in [1.165, 1.54) is 29.2 Å². The number of Topliss-reactive ketones (excluding diaryl/α,β-unsaturated/α-hetero) is 1. The molecule has 174 valence electrons. The molecule has 0 radical (unpaired) electrons. The summed E-state index contributed by atoms with van der Waals surface area (Å²) in [5.41, 5.74) is 3.10. The Labute approximate surface area is 198 Å². The Morgan fingerprint density at radius 3 is 2.26 bits per heavy atom. The fourth-order valence-electron chi connectivity index (χ4n) is 4.23. The molecular formula is C28H26FNO4. The maximum atomic E-state index is 13.6. The Morgan fingerprint density at radius 2 is 1.65 bits per heavy atom. The lowest BCUT2D eigenvalue weighted by molar-refractivity contribution is -0.132. The minimum atomic E-state index is -0.862. The maximum absolute atomic E-state index is 13.6. The number of hydrogen-bond donors (Lipinski definition) is 1. The molecule has 1 unspecified atom stereocenters. The summed E-state index contributed by atoms with van der Waals surface area (Å²) in [6.45, 7) is 7.58. The van der Waals surface area contributed by atoms with Gasteiger partial charge in [-0.2, -0.15) is 0 Å². The average molecular weight is 460 g/mol. The van der Waals surface area contributed by atoms with Gasteiger partial charge in [-0.05, 0) is 86.8 Å². The number of anilines is 1. The molecule has 6 heteroatoms. The molecule has 0 aliphatic carbocycles. The summed E-state index contributed by atoms with van der Waals surface area (Å²) < 4.78 is 19.4. The molecule has 1 N–H and O–H groups in total. The number of halogens is 1. The van der Waals surface area contributed by atoms with E-state index in [9.17, 15) is 19.1 Å². The third kappa shape index (κ3) is 4.19. The van der Waals surface area contributed by atoms with Crippen LogP contribution in [-0.2, 0) is 9.59 Å². The van der Waals surface area contributed by atoms with Crippen molar-refractivity contribution in [2.24, 2.45) is 0 Å². The molecule has 1 aliphatic rings. The van der Waals surface area contributed by atoms with Crippen LogP contribution in [0.2, 0.25) is 0 Å². The van der Waals surface area contributed by atoms with Gasteiger partial charge in [-0.1, -0.05) is 24.3 Å². The van der Waals surface area contributed by atoms with Gasteiger partial charge in [0.1, 0.15) is 17.3 Å². The van der Waals surface area contributed by atoms with Gasteiger partial charge < -0.3 is 9.84 Å². The van der Waals surface area contributed by atoms with E-state index in [1.54, 1.807) is 18.2 Å². The first kappa shape index (κ1) is 23.2. The molecule has 0 spiro atoms. The molecule has 1 amide bonds. The van der Waals surface area contributed by atoms with Crippen LogP contribution < -0.4 is 9.64 Å². The van der Waals surface area contributed by atoms with Crippen LogP contribution in [0, 0.1) is 19.7 Å². The molecule has 0 bridgehead atoms. The summed E-state index contributed by atoms with van der Waals surface area (Å²) in [5.74, 6) is -1.62. The second-order valence-corrected chi connectivity index (χ2v) is 8.65. The number of amides is 1. The summed E-state index contributed by atoms with van der Waals surface area (Å²) in [6.07, 6.45) is -0.0137. The van der Waals surface area contributed by atoms with E-state index in [0.717, 1.165) is 11.1 Å². The van der Waals surface area contributed by atoms with Crippen LogP contribution in [0.4, 0.5) is 10.1 Å². The molecule has 0 aromatic heterocycles. The molecule has 1 aliphatic heterocycles. The zero-order valence-corrected chi connectivity index (χ0v) is 19.5. The molecule has 34 heavy (non-hydrogen) atoms. The van der Waals surface area contributed by atoms with Crippen LogP contribution >= 0.6 is 0 Å². The van der Waals surface area contributed by atoms with Crippen LogP contribution in [0.3, 0.4) is 0 Å². The van der Waals surface area contributed by atoms with Gasteiger partial charge >= 0.3 is 0 Å². The fraction of sp³-hybridized carbons (Fsp3) is 0.214. The number of hydrogen-bond acceptors (Lipinski definition) is 4. The zero-order valence-electron chi connectivity index (χ0n) is 19.5. The molecular weight excluding hydrogens is 433 g/mol. The van der Waals surface area contributed by atoms with Gasteiger partial charge in [-0.15, -0.1) is 0 Å².